The lowest BCUT2D eigenvalue weighted by molar-refractivity contribution is -0.172. The number of aliphatic hydroxyl groups excluding tert-OH is 3. The molecule has 72 heavy (non-hydrogen) atoms. The van der Waals surface area contributed by atoms with Crippen molar-refractivity contribution in [1.29, 1.82) is 0 Å². The Hall–Kier alpha value is -2.73. The first kappa shape index (κ1) is 61.8. The number of carbonyl (C=O) groups excluding carboxylic acids is 2. The quantitative estimate of drug-likeness (QED) is 0.0275. The molecule has 0 aromatic heterocycles. The minimum absolute atomic E-state index is 0.0475. The molecule has 15 heteroatoms. The van der Waals surface area contributed by atoms with Crippen LogP contribution in [0.5, 0.6) is 0 Å². The van der Waals surface area contributed by atoms with Crippen molar-refractivity contribution in [2.45, 2.75) is 243 Å². The van der Waals surface area contributed by atoms with Crippen molar-refractivity contribution in [3.8, 4) is 0 Å². The van der Waals surface area contributed by atoms with Crippen molar-refractivity contribution in [2.24, 2.45) is 23.7 Å². The Morgan fingerprint density at radius 2 is 1.04 bits per heavy atom. The predicted octanol–water partition coefficient (Wildman–Crippen LogP) is 10.8. The largest absolute Gasteiger partial charge is 0.463 e. The number of unbranched alkanes of at least 4 members (excludes halogenated alkanes) is 6. The van der Waals surface area contributed by atoms with Gasteiger partial charge in [-0.15, -0.1) is 0 Å². The molecule has 2 heterocycles. The van der Waals surface area contributed by atoms with Crippen molar-refractivity contribution in [1.82, 2.24) is 0 Å². The molecule has 3 N–H and O–H groups in total. The van der Waals surface area contributed by atoms with Crippen LogP contribution in [0.25, 0.3) is 0 Å². The van der Waals surface area contributed by atoms with Crippen LogP contribution >= 0.6 is 0 Å². The molecule has 0 unspecified atom stereocenters. The van der Waals surface area contributed by atoms with Crippen molar-refractivity contribution in [3.05, 3.63) is 54.1 Å². The van der Waals surface area contributed by atoms with E-state index in [-0.39, 0.29) is 59.1 Å². The smallest absolute Gasteiger partial charge is 0.306 e. The molecule has 412 valence electrons. The summed E-state index contributed by atoms with van der Waals surface area (Å²) in [6.45, 7) is 16.0. The van der Waals surface area contributed by atoms with Gasteiger partial charge in [-0.05, 0) is 141 Å². The van der Waals surface area contributed by atoms with Crippen LogP contribution in [0.4, 0.5) is 0 Å². The first-order valence-electron chi connectivity index (χ1n) is 27.7. The number of rotatable bonds is 31. The normalized spacial score (nSPS) is 26.0. The monoisotopic (exact) mass is 1030 g/mol. The number of hydrogen-bond acceptors (Lipinski definition) is 14. The summed E-state index contributed by atoms with van der Waals surface area (Å²) in [4.78, 5) is 23.5. The first-order valence-corrected chi connectivity index (χ1v) is 29.1. The van der Waals surface area contributed by atoms with E-state index in [1.807, 2.05) is 46.8 Å². The zero-order valence-corrected chi connectivity index (χ0v) is 45.8. The van der Waals surface area contributed by atoms with Gasteiger partial charge >= 0.3 is 11.9 Å². The summed E-state index contributed by atoms with van der Waals surface area (Å²) in [6.07, 6.45) is 22.7. The molecular weight excluding hydrogens is 941 g/mol. The standard InChI is InChI=1S/C32H50O8S.C25H44O6/c1-5-6-11-19-32(37-21-22-38-32)20-18-28-27(12-9-7-8-10-13-31(34)39-24(2)3)29(33)23-30(28)40-41(35,36)26-16-14-25(4)15-17-26;1-4-5-10-14-25(29-16-17-30-25)15-13-21-20(22(26)18-23(21)27)11-8-6-7-9-12-24(28)31-19(2)3/h7,9,14-17,24,27-30,33H,5-6,8,10-13,18-23H2,1-4H3;6,8,19-23,26-27H,4-5,7,9-18H2,1-3H3/b9-7-;8-6-/t27-,28-,29+,30-;20-,21-,22+,23-/m11/s1. The Bertz CT molecular complexity index is 1850. The average Bonchev–Trinajstić information content (AvgIpc) is 4.11. The van der Waals surface area contributed by atoms with Gasteiger partial charge < -0.3 is 43.7 Å². The molecule has 2 saturated heterocycles. The van der Waals surface area contributed by atoms with Crippen LogP contribution in [0.15, 0.2) is 53.5 Å². The molecule has 8 atom stereocenters. The highest BCUT2D eigenvalue weighted by molar-refractivity contribution is 7.86. The molecule has 2 aliphatic carbocycles. The number of ether oxygens (including phenoxy) is 6. The number of benzene rings is 1. The topological polar surface area (TPSA) is 194 Å². The maximum Gasteiger partial charge on any atom is 0.306 e. The van der Waals surface area contributed by atoms with Crippen molar-refractivity contribution in [3.63, 3.8) is 0 Å². The lowest BCUT2D eigenvalue weighted by Gasteiger charge is -2.31. The molecule has 2 saturated carbocycles. The molecule has 5 rings (SSSR count). The highest BCUT2D eigenvalue weighted by Crippen LogP contribution is 2.45. The second-order valence-corrected chi connectivity index (χ2v) is 22.8. The lowest BCUT2D eigenvalue weighted by Crippen LogP contribution is -2.33. The van der Waals surface area contributed by atoms with Gasteiger partial charge in [0.2, 0.25) is 0 Å². The molecule has 4 fully saturated rings. The van der Waals surface area contributed by atoms with Gasteiger partial charge in [-0.3, -0.25) is 13.8 Å². The maximum absolute atomic E-state index is 13.2. The van der Waals surface area contributed by atoms with Crippen LogP contribution in [0.3, 0.4) is 0 Å². The summed E-state index contributed by atoms with van der Waals surface area (Å²) in [6, 6.07) is 6.63. The first-order chi connectivity index (χ1) is 34.4. The zero-order valence-electron chi connectivity index (χ0n) is 45.0. The van der Waals surface area contributed by atoms with Gasteiger partial charge in [0.15, 0.2) is 11.6 Å². The Kier molecular flexibility index (Phi) is 27.5. The van der Waals surface area contributed by atoms with Crippen molar-refractivity contribution < 1.29 is 65.9 Å². The van der Waals surface area contributed by atoms with Crippen molar-refractivity contribution in [2.75, 3.05) is 26.4 Å². The van der Waals surface area contributed by atoms with Crippen LogP contribution in [0.1, 0.15) is 188 Å². The van der Waals surface area contributed by atoms with E-state index in [9.17, 15) is 33.3 Å². The third-order valence-corrected chi connectivity index (χ3v) is 16.0. The van der Waals surface area contributed by atoms with E-state index in [1.54, 1.807) is 24.3 Å². The van der Waals surface area contributed by atoms with Crippen LogP contribution in [0, 0.1) is 30.6 Å². The second kappa shape index (κ2) is 32.0. The van der Waals surface area contributed by atoms with E-state index in [4.69, 9.17) is 32.6 Å². The number of esters is 2. The summed E-state index contributed by atoms with van der Waals surface area (Å²) < 4.78 is 66.8. The van der Waals surface area contributed by atoms with E-state index in [2.05, 4.69) is 26.0 Å². The van der Waals surface area contributed by atoms with Crippen LogP contribution in [-0.2, 0) is 52.3 Å². The van der Waals surface area contributed by atoms with E-state index >= 15 is 0 Å². The third kappa shape index (κ3) is 21.1. The Labute approximate surface area is 433 Å². The second-order valence-electron chi connectivity index (χ2n) is 21.2. The molecule has 0 amide bonds. The average molecular weight is 1040 g/mol. The SMILES string of the molecule is CCCCCC1(CC[C@@H]2[C@@H](C/C=C\CCCC(=O)OC(C)C)[C@@H](O)C[C@H]2O)OCCO1.CCCCCC1(CC[C@@H]2[C@@H](C/C=C\CCCC(=O)OC(C)C)[C@@H](O)C[C@H]2OS(=O)(=O)c2ccc(C)cc2)OCCO1. The highest BCUT2D eigenvalue weighted by atomic mass is 32.2. The number of hydrogen-bond donors (Lipinski definition) is 3. The lowest BCUT2D eigenvalue weighted by atomic mass is 9.85. The number of aliphatic hydroxyl groups is 3. The molecule has 1 aromatic rings. The Morgan fingerprint density at radius 1 is 0.611 bits per heavy atom. The molecule has 14 nitrogen and oxygen atoms in total. The predicted molar refractivity (Wildman–Crippen MR) is 278 cm³/mol. The fourth-order valence-corrected chi connectivity index (χ4v) is 11.9. The summed E-state index contributed by atoms with van der Waals surface area (Å²) in [7, 11) is -4.00. The highest BCUT2D eigenvalue weighted by Gasteiger charge is 2.47. The van der Waals surface area contributed by atoms with Gasteiger partial charge in [0.1, 0.15) is 0 Å². The van der Waals surface area contributed by atoms with Gasteiger partial charge in [0.05, 0.1) is 67.9 Å². The van der Waals surface area contributed by atoms with Gasteiger partial charge in [-0.25, -0.2) is 0 Å². The van der Waals surface area contributed by atoms with Crippen molar-refractivity contribution >= 4 is 22.1 Å². The van der Waals surface area contributed by atoms with Gasteiger partial charge in [-0.1, -0.05) is 81.5 Å². The Balaban J connectivity index is 0.000000325. The molecule has 2 aliphatic heterocycles. The summed E-state index contributed by atoms with van der Waals surface area (Å²) in [5.41, 5.74) is 0.965. The zero-order chi connectivity index (χ0) is 52.6. The van der Waals surface area contributed by atoms with Gasteiger partial charge in [-0.2, -0.15) is 8.42 Å². The third-order valence-electron chi connectivity index (χ3n) is 14.6. The maximum atomic E-state index is 13.2. The van der Waals surface area contributed by atoms with E-state index in [0.29, 0.717) is 71.4 Å². The number of carbonyl (C=O) groups is 2. The molecule has 0 bridgehead atoms. The van der Waals surface area contributed by atoms with Crippen LogP contribution in [-0.4, -0.2) is 110 Å². The summed E-state index contributed by atoms with van der Waals surface area (Å²) in [5, 5.41) is 32.1. The number of aryl methyl sites for hydroxylation is 1. The Morgan fingerprint density at radius 3 is 1.50 bits per heavy atom. The summed E-state index contributed by atoms with van der Waals surface area (Å²) in [5.74, 6) is -1.76. The fourth-order valence-electron chi connectivity index (χ4n) is 10.8. The molecule has 4 aliphatic rings. The van der Waals surface area contributed by atoms with Gasteiger partial charge in [0.25, 0.3) is 10.1 Å². The molecule has 1 aromatic carbocycles. The molecule has 0 radical (unpaired) electrons. The van der Waals surface area contributed by atoms with E-state index < -0.39 is 46.1 Å². The van der Waals surface area contributed by atoms with Crippen LogP contribution < -0.4 is 0 Å². The minimum Gasteiger partial charge on any atom is -0.463 e. The van der Waals surface area contributed by atoms with Gasteiger partial charge in [0, 0.05) is 44.9 Å². The molecule has 0 spiro atoms. The van der Waals surface area contributed by atoms with Crippen LogP contribution in [0.2, 0.25) is 0 Å². The van der Waals surface area contributed by atoms with E-state index in [1.165, 1.54) is 6.42 Å². The molecular formula is C57H94O14S. The summed E-state index contributed by atoms with van der Waals surface area (Å²) >= 11 is 0. The number of allylic oxidation sites excluding steroid dienone is 4. The fraction of sp³-hybridized carbons (Fsp3) is 0.789. The van der Waals surface area contributed by atoms with E-state index in [0.717, 1.165) is 89.0 Å². The minimum atomic E-state index is -4.00.